The van der Waals surface area contributed by atoms with Gasteiger partial charge in [0.05, 0.1) is 6.10 Å². The highest BCUT2D eigenvalue weighted by atomic mass is 32.1. The highest BCUT2D eigenvalue weighted by molar-refractivity contribution is 7.17. The highest BCUT2D eigenvalue weighted by Crippen LogP contribution is 2.31. The smallest absolute Gasteiger partial charge is 0.0801 e. The molecular weight excluding hydrogens is 180 g/mol. The van der Waals surface area contributed by atoms with Gasteiger partial charge in [0.25, 0.3) is 0 Å². The minimum atomic E-state index is -0.309. The average Bonchev–Trinajstić information content (AvgIpc) is 2.60. The first kappa shape index (κ1) is 8.73. The SMILES string of the molecule is CC[C@H](O)c1csc2ccccc12. The lowest BCUT2D eigenvalue weighted by atomic mass is 10.1. The molecule has 0 spiro atoms. The van der Waals surface area contributed by atoms with Crippen LogP contribution < -0.4 is 0 Å². The van der Waals surface area contributed by atoms with Gasteiger partial charge in [0.2, 0.25) is 0 Å². The molecule has 0 radical (unpaired) electrons. The lowest BCUT2D eigenvalue weighted by Crippen LogP contribution is -1.92. The van der Waals surface area contributed by atoms with Crippen LogP contribution in [0.15, 0.2) is 29.6 Å². The molecule has 0 unspecified atom stereocenters. The number of aliphatic hydroxyl groups excluding tert-OH is 1. The van der Waals surface area contributed by atoms with Crippen LogP contribution in [0, 0.1) is 0 Å². The molecule has 0 saturated heterocycles. The molecule has 0 fully saturated rings. The largest absolute Gasteiger partial charge is 0.388 e. The van der Waals surface area contributed by atoms with E-state index >= 15 is 0 Å². The van der Waals surface area contributed by atoms with Crippen molar-refractivity contribution in [3.63, 3.8) is 0 Å². The van der Waals surface area contributed by atoms with Gasteiger partial charge in [0.15, 0.2) is 0 Å². The van der Waals surface area contributed by atoms with Crippen molar-refractivity contribution in [2.24, 2.45) is 0 Å². The van der Waals surface area contributed by atoms with Crippen molar-refractivity contribution >= 4 is 21.4 Å². The van der Waals surface area contributed by atoms with Crippen molar-refractivity contribution < 1.29 is 5.11 Å². The minimum absolute atomic E-state index is 0.309. The predicted octanol–water partition coefficient (Wildman–Crippen LogP) is 3.34. The number of aliphatic hydroxyl groups is 1. The van der Waals surface area contributed by atoms with Gasteiger partial charge in [0.1, 0.15) is 0 Å². The standard InChI is InChI=1S/C11H12OS/c1-2-10(12)9-7-13-11-6-4-3-5-8(9)11/h3-7,10,12H,2H2,1H3/t10-/m0/s1. The maximum Gasteiger partial charge on any atom is 0.0801 e. The molecule has 0 aliphatic rings. The summed E-state index contributed by atoms with van der Waals surface area (Å²) in [7, 11) is 0. The van der Waals surface area contributed by atoms with Crippen LogP contribution in [0.5, 0.6) is 0 Å². The quantitative estimate of drug-likeness (QED) is 0.773. The molecule has 0 bridgehead atoms. The number of hydrogen-bond donors (Lipinski definition) is 1. The van der Waals surface area contributed by atoms with Crippen molar-refractivity contribution in [3.05, 3.63) is 35.2 Å². The van der Waals surface area contributed by atoms with Crippen LogP contribution in [0.4, 0.5) is 0 Å². The molecule has 13 heavy (non-hydrogen) atoms. The van der Waals surface area contributed by atoms with E-state index in [1.165, 1.54) is 10.1 Å². The summed E-state index contributed by atoms with van der Waals surface area (Å²) in [6.45, 7) is 2.00. The van der Waals surface area contributed by atoms with E-state index < -0.39 is 0 Å². The third kappa shape index (κ3) is 1.47. The van der Waals surface area contributed by atoms with Crippen LogP contribution in [0.1, 0.15) is 25.0 Å². The van der Waals surface area contributed by atoms with Gasteiger partial charge in [-0.1, -0.05) is 25.1 Å². The molecule has 1 atom stereocenters. The van der Waals surface area contributed by atoms with E-state index in [9.17, 15) is 5.11 Å². The normalized spacial score (nSPS) is 13.4. The maximum atomic E-state index is 9.72. The molecule has 68 valence electrons. The molecule has 1 aromatic heterocycles. The Morgan fingerprint density at radius 1 is 1.38 bits per heavy atom. The predicted molar refractivity (Wildman–Crippen MR) is 57.1 cm³/mol. The molecule has 1 N–H and O–H groups in total. The van der Waals surface area contributed by atoms with Crippen molar-refractivity contribution in [2.75, 3.05) is 0 Å². The van der Waals surface area contributed by atoms with Gasteiger partial charge in [-0.25, -0.2) is 0 Å². The third-order valence-electron chi connectivity index (χ3n) is 2.26. The number of thiophene rings is 1. The third-order valence-corrected chi connectivity index (χ3v) is 3.24. The first-order chi connectivity index (χ1) is 6.33. The van der Waals surface area contributed by atoms with Gasteiger partial charge in [-0.05, 0) is 28.8 Å². The van der Waals surface area contributed by atoms with Crippen molar-refractivity contribution in [1.29, 1.82) is 0 Å². The fraction of sp³-hybridized carbons (Fsp3) is 0.273. The van der Waals surface area contributed by atoms with Crippen LogP contribution in [-0.4, -0.2) is 5.11 Å². The van der Waals surface area contributed by atoms with Crippen LogP contribution in [-0.2, 0) is 0 Å². The number of hydrogen-bond acceptors (Lipinski definition) is 2. The summed E-state index contributed by atoms with van der Waals surface area (Å²) in [5.74, 6) is 0. The first-order valence-corrected chi connectivity index (χ1v) is 5.35. The summed E-state index contributed by atoms with van der Waals surface area (Å²) < 4.78 is 1.25. The topological polar surface area (TPSA) is 20.2 Å². The van der Waals surface area contributed by atoms with E-state index in [1.807, 2.05) is 19.1 Å². The first-order valence-electron chi connectivity index (χ1n) is 4.47. The Balaban J connectivity index is 2.57. The van der Waals surface area contributed by atoms with Gasteiger partial charge in [-0.3, -0.25) is 0 Å². The summed E-state index contributed by atoms with van der Waals surface area (Å²) in [6.07, 6.45) is 0.469. The molecule has 0 amide bonds. The Morgan fingerprint density at radius 3 is 2.92 bits per heavy atom. The second-order valence-electron chi connectivity index (χ2n) is 3.11. The molecule has 0 saturated carbocycles. The molecule has 0 aliphatic carbocycles. The molecule has 1 nitrogen and oxygen atoms in total. The van der Waals surface area contributed by atoms with E-state index in [1.54, 1.807) is 11.3 Å². The number of fused-ring (bicyclic) bond motifs is 1. The lowest BCUT2D eigenvalue weighted by molar-refractivity contribution is 0.175. The van der Waals surface area contributed by atoms with Crippen LogP contribution >= 0.6 is 11.3 Å². The van der Waals surface area contributed by atoms with Crippen molar-refractivity contribution in [2.45, 2.75) is 19.4 Å². The van der Waals surface area contributed by atoms with Gasteiger partial charge < -0.3 is 5.11 Å². The molecule has 1 aromatic carbocycles. The van der Waals surface area contributed by atoms with E-state index in [0.29, 0.717) is 0 Å². The molecule has 2 rings (SSSR count). The Hall–Kier alpha value is -0.860. The van der Waals surface area contributed by atoms with E-state index in [-0.39, 0.29) is 6.10 Å². The van der Waals surface area contributed by atoms with Crippen LogP contribution in [0.3, 0.4) is 0 Å². The summed E-state index contributed by atoms with van der Waals surface area (Å²) in [5.41, 5.74) is 1.07. The number of benzene rings is 1. The second-order valence-corrected chi connectivity index (χ2v) is 4.02. The summed E-state index contributed by atoms with van der Waals surface area (Å²) in [5, 5.41) is 13.0. The van der Waals surface area contributed by atoms with Crippen molar-refractivity contribution in [3.8, 4) is 0 Å². The van der Waals surface area contributed by atoms with Crippen molar-refractivity contribution in [1.82, 2.24) is 0 Å². The summed E-state index contributed by atoms with van der Waals surface area (Å²) in [4.78, 5) is 0. The van der Waals surface area contributed by atoms with Gasteiger partial charge in [-0.15, -0.1) is 11.3 Å². The molecular formula is C11H12OS. The number of rotatable bonds is 2. The van der Waals surface area contributed by atoms with Gasteiger partial charge in [-0.2, -0.15) is 0 Å². The highest BCUT2D eigenvalue weighted by Gasteiger charge is 2.09. The van der Waals surface area contributed by atoms with E-state index in [2.05, 4.69) is 17.5 Å². The lowest BCUT2D eigenvalue weighted by Gasteiger charge is -2.05. The zero-order valence-electron chi connectivity index (χ0n) is 7.53. The Kier molecular flexibility index (Phi) is 2.34. The monoisotopic (exact) mass is 192 g/mol. The fourth-order valence-corrected chi connectivity index (χ4v) is 2.48. The Morgan fingerprint density at radius 2 is 2.15 bits per heavy atom. The maximum absolute atomic E-state index is 9.72. The second kappa shape index (κ2) is 3.48. The Bertz CT molecular complexity index is 405. The summed E-state index contributed by atoms with van der Waals surface area (Å²) in [6, 6.07) is 8.20. The molecule has 0 aliphatic heterocycles. The van der Waals surface area contributed by atoms with E-state index in [0.717, 1.165) is 12.0 Å². The minimum Gasteiger partial charge on any atom is -0.388 e. The zero-order chi connectivity index (χ0) is 9.26. The average molecular weight is 192 g/mol. The molecule has 2 heteroatoms. The van der Waals surface area contributed by atoms with Crippen LogP contribution in [0.2, 0.25) is 0 Å². The molecule has 1 heterocycles. The van der Waals surface area contributed by atoms with E-state index in [4.69, 9.17) is 0 Å². The molecule has 2 aromatic rings. The fourth-order valence-electron chi connectivity index (χ4n) is 1.48. The zero-order valence-corrected chi connectivity index (χ0v) is 8.34. The van der Waals surface area contributed by atoms with Crippen LogP contribution in [0.25, 0.3) is 10.1 Å². The van der Waals surface area contributed by atoms with Gasteiger partial charge >= 0.3 is 0 Å². The Labute approximate surface area is 81.6 Å². The van der Waals surface area contributed by atoms with Gasteiger partial charge in [0, 0.05) is 4.70 Å². The summed E-state index contributed by atoms with van der Waals surface area (Å²) >= 11 is 1.70.